The van der Waals surface area contributed by atoms with Gasteiger partial charge in [0.25, 0.3) is 0 Å². The van der Waals surface area contributed by atoms with Crippen LogP contribution in [0.15, 0.2) is 48.5 Å². The molecular weight excluding hydrogens is 269 g/mol. The van der Waals surface area contributed by atoms with Crippen molar-refractivity contribution in [2.45, 2.75) is 19.4 Å². The summed E-state index contributed by atoms with van der Waals surface area (Å²) in [6.45, 7) is 1.22. The minimum Gasteiger partial charge on any atom is -0.481 e. The molecule has 0 aromatic heterocycles. The van der Waals surface area contributed by atoms with Crippen molar-refractivity contribution in [3.63, 3.8) is 0 Å². The lowest BCUT2D eigenvalue weighted by molar-refractivity contribution is -0.136. The van der Waals surface area contributed by atoms with Crippen LogP contribution in [0.25, 0.3) is 0 Å². The number of carboxylic acid groups (broad SMARTS) is 1. The van der Waals surface area contributed by atoms with Crippen molar-refractivity contribution in [3.05, 3.63) is 71.0 Å². The molecule has 0 amide bonds. The Balaban J connectivity index is 1.86. The van der Waals surface area contributed by atoms with Crippen molar-refractivity contribution >= 4 is 5.97 Å². The summed E-state index contributed by atoms with van der Waals surface area (Å²) in [5, 5.41) is 12.1. The molecule has 4 heteroatoms. The minimum absolute atomic E-state index is 0.0190. The Morgan fingerprint density at radius 2 is 1.62 bits per heavy atom. The fourth-order valence-electron chi connectivity index (χ4n) is 2.21. The molecule has 21 heavy (non-hydrogen) atoms. The van der Waals surface area contributed by atoms with Gasteiger partial charge in [0.15, 0.2) is 0 Å². The van der Waals surface area contributed by atoms with Gasteiger partial charge in [0.1, 0.15) is 5.82 Å². The zero-order chi connectivity index (χ0) is 15.1. The molecule has 0 aliphatic carbocycles. The zero-order valence-electron chi connectivity index (χ0n) is 11.7. The molecule has 0 atom stereocenters. The van der Waals surface area contributed by atoms with E-state index in [0.29, 0.717) is 25.1 Å². The average Bonchev–Trinajstić information content (AvgIpc) is 2.46. The molecule has 0 heterocycles. The van der Waals surface area contributed by atoms with Gasteiger partial charge in [0.05, 0.1) is 6.42 Å². The molecule has 2 aromatic carbocycles. The van der Waals surface area contributed by atoms with Crippen LogP contribution < -0.4 is 5.32 Å². The molecule has 0 aliphatic heterocycles. The SMILES string of the molecule is O=C(O)Cc1ccccc1CNCCc1ccccc1F. The molecule has 2 rings (SSSR count). The first-order valence-electron chi connectivity index (χ1n) is 6.89. The summed E-state index contributed by atoms with van der Waals surface area (Å²) in [5.74, 6) is -1.03. The summed E-state index contributed by atoms with van der Waals surface area (Å²) in [4.78, 5) is 10.8. The van der Waals surface area contributed by atoms with E-state index in [9.17, 15) is 9.18 Å². The molecule has 3 nitrogen and oxygen atoms in total. The fraction of sp³-hybridized carbons (Fsp3) is 0.235. The number of carboxylic acids is 1. The van der Waals surface area contributed by atoms with E-state index in [1.807, 2.05) is 30.3 Å². The van der Waals surface area contributed by atoms with Crippen molar-refractivity contribution in [2.75, 3.05) is 6.54 Å². The Labute approximate surface area is 123 Å². The summed E-state index contributed by atoms with van der Waals surface area (Å²) in [6.07, 6.45) is 0.624. The van der Waals surface area contributed by atoms with Crippen molar-refractivity contribution < 1.29 is 14.3 Å². The third-order valence-electron chi connectivity index (χ3n) is 3.30. The van der Waals surface area contributed by atoms with Gasteiger partial charge in [-0.2, -0.15) is 0 Å². The molecule has 0 bridgehead atoms. The van der Waals surface area contributed by atoms with E-state index in [0.717, 1.165) is 11.1 Å². The van der Waals surface area contributed by atoms with E-state index >= 15 is 0 Å². The molecule has 110 valence electrons. The Bertz CT molecular complexity index is 613. The highest BCUT2D eigenvalue weighted by Crippen LogP contribution is 2.10. The lowest BCUT2D eigenvalue weighted by atomic mass is 10.0. The third kappa shape index (κ3) is 4.68. The summed E-state index contributed by atoms with van der Waals surface area (Å²) in [7, 11) is 0. The molecule has 2 aromatic rings. The van der Waals surface area contributed by atoms with E-state index in [4.69, 9.17) is 5.11 Å². The Morgan fingerprint density at radius 3 is 2.29 bits per heavy atom. The van der Waals surface area contributed by atoms with Gasteiger partial charge in [-0.05, 0) is 35.7 Å². The topological polar surface area (TPSA) is 49.3 Å². The first-order chi connectivity index (χ1) is 10.2. The second kappa shape index (κ2) is 7.55. The third-order valence-corrected chi connectivity index (χ3v) is 3.30. The van der Waals surface area contributed by atoms with Gasteiger partial charge < -0.3 is 10.4 Å². The largest absolute Gasteiger partial charge is 0.481 e. The van der Waals surface area contributed by atoms with Crippen molar-refractivity contribution in [3.8, 4) is 0 Å². The Morgan fingerprint density at radius 1 is 1.00 bits per heavy atom. The van der Waals surface area contributed by atoms with E-state index < -0.39 is 5.97 Å². The second-order valence-corrected chi connectivity index (χ2v) is 4.86. The number of benzene rings is 2. The van der Waals surface area contributed by atoms with Crippen LogP contribution in [0.4, 0.5) is 4.39 Å². The number of hydrogen-bond acceptors (Lipinski definition) is 2. The van der Waals surface area contributed by atoms with E-state index in [1.54, 1.807) is 12.1 Å². The molecule has 0 saturated carbocycles. The predicted octanol–water partition coefficient (Wildman–Crippen LogP) is 2.79. The van der Waals surface area contributed by atoms with E-state index in [2.05, 4.69) is 5.32 Å². The highest BCUT2D eigenvalue weighted by atomic mass is 19.1. The maximum atomic E-state index is 13.5. The summed E-state index contributed by atoms with van der Waals surface area (Å²) in [5.41, 5.74) is 2.46. The van der Waals surface area contributed by atoms with Crippen molar-refractivity contribution in [2.24, 2.45) is 0 Å². The Hall–Kier alpha value is -2.20. The number of rotatable bonds is 7. The minimum atomic E-state index is -0.839. The lowest BCUT2D eigenvalue weighted by Gasteiger charge is -2.09. The normalized spacial score (nSPS) is 10.5. The van der Waals surface area contributed by atoms with Crippen LogP contribution >= 0.6 is 0 Å². The van der Waals surface area contributed by atoms with E-state index in [-0.39, 0.29) is 12.2 Å². The second-order valence-electron chi connectivity index (χ2n) is 4.86. The van der Waals surface area contributed by atoms with Crippen LogP contribution in [-0.2, 0) is 24.2 Å². The van der Waals surface area contributed by atoms with Gasteiger partial charge in [0.2, 0.25) is 0 Å². The Kier molecular flexibility index (Phi) is 5.46. The average molecular weight is 287 g/mol. The quantitative estimate of drug-likeness (QED) is 0.770. The smallest absolute Gasteiger partial charge is 0.307 e. The zero-order valence-corrected chi connectivity index (χ0v) is 11.7. The number of nitrogens with one attached hydrogen (secondary N) is 1. The number of carbonyl (C=O) groups is 1. The van der Waals surface area contributed by atoms with Crippen LogP contribution in [-0.4, -0.2) is 17.6 Å². The van der Waals surface area contributed by atoms with Crippen molar-refractivity contribution in [1.29, 1.82) is 0 Å². The molecule has 0 fully saturated rings. The summed E-state index contributed by atoms with van der Waals surface area (Å²) in [6, 6.07) is 14.2. The monoisotopic (exact) mass is 287 g/mol. The van der Waals surface area contributed by atoms with Crippen LogP contribution in [0.1, 0.15) is 16.7 Å². The van der Waals surface area contributed by atoms with Gasteiger partial charge in [0, 0.05) is 6.54 Å². The summed E-state index contributed by atoms with van der Waals surface area (Å²) < 4.78 is 13.5. The molecule has 0 radical (unpaired) electrons. The van der Waals surface area contributed by atoms with Crippen LogP contribution in [0.3, 0.4) is 0 Å². The maximum Gasteiger partial charge on any atom is 0.307 e. The predicted molar refractivity (Wildman–Crippen MR) is 79.6 cm³/mol. The van der Waals surface area contributed by atoms with Crippen LogP contribution in [0.2, 0.25) is 0 Å². The van der Waals surface area contributed by atoms with Gasteiger partial charge in [-0.3, -0.25) is 4.79 Å². The van der Waals surface area contributed by atoms with Gasteiger partial charge in [-0.15, -0.1) is 0 Å². The molecule has 0 unspecified atom stereocenters. The van der Waals surface area contributed by atoms with Crippen LogP contribution in [0.5, 0.6) is 0 Å². The molecular formula is C17H18FNO2. The first-order valence-corrected chi connectivity index (χ1v) is 6.89. The number of aliphatic carboxylic acids is 1. The van der Waals surface area contributed by atoms with Gasteiger partial charge >= 0.3 is 5.97 Å². The highest BCUT2D eigenvalue weighted by molar-refractivity contribution is 5.70. The first kappa shape index (κ1) is 15.2. The van der Waals surface area contributed by atoms with Gasteiger partial charge in [-0.25, -0.2) is 4.39 Å². The number of halogens is 1. The lowest BCUT2D eigenvalue weighted by Crippen LogP contribution is -2.18. The van der Waals surface area contributed by atoms with E-state index in [1.165, 1.54) is 6.07 Å². The molecule has 2 N–H and O–H groups in total. The molecule has 0 aliphatic rings. The fourth-order valence-corrected chi connectivity index (χ4v) is 2.21. The maximum absolute atomic E-state index is 13.5. The number of hydrogen-bond donors (Lipinski definition) is 2. The molecule has 0 spiro atoms. The standard InChI is InChI=1S/C17H18FNO2/c18-16-8-4-3-5-13(16)9-10-19-12-15-7-2-1-6-14(15)11-17(20)21/h1-8,19H,9-12H2,(H,20,21). The highest BCUT2D eigenvalue weighted by Gasteiger charge is 2.06. The van der Waals surface area contributed by atoms with Crippen molar-refractivity contribution in [1.82, 2.24) is 5.32 Å². The summed E-state index contributed by atoms with van der Waals surface area (Å²) >= 11 is 0. The van der Waals surface area contributed by atoms with Gasteiger partial charge in [-0.1, -0.05) is 42.5 Å². The van der Waals surface area contributed by atoms with Crippen LogP contribution in [0, 0.1) is 5.82 Å². The molecule has 0 saturated heterocycles.